The van der Waals surface area contributed by atoms with Gasteiger partial charge in [0.15, 0.2) is 11.6 Å². The van der Waals surface area contributed by atoms with Crippen LogP contribution in [-0.2, 0) is 11.3 Å². The molecule has 2 aliphatic heterocycles. The van der Waals surface area contributed by atoms with E-state index in [1.54, 1.807) is 12.1 Å². The average Bonchev–Trinajstić information content (AvgIpc) is 3.60. The number of benzene rings is 1. The molecule has 3 aromatic rings. The van der Waals surface area contributed by atoms with Crippen molar-refractivity contribution in [2.45, 2.75) is 31.5 Å². The first-order valence-corrected chi connectivity index (χ1v) is 11.3. The fourth-order valence-electron chi connectivity index (χ4n) is 4.45. The number of tetrazole rings is 1. The highest BCUT2D eigenvalue weighted by molar-refractivity contribution is 6.31. The largest absolute Gasteiger partial charge is 1.00 e. The summed E-state index contributed by atoms with van der Waals surface area (Å²) in [5, 5.41) is 13.3. The van der Waals surface area contributed by atoms with E-state index in [2.05, 4.69) is 20.4 Å². The van der Waals surface area contributed by atoms with Gasteiger partial charge in [0, 0.05) is 37.8 Å². The first-order valence-electron chi connectivity index (χ1n) is 10.9. The molecule has 0 saturated carbocycles. The highest BCUT2D eigenvalue weighted by Crippen LogP contribution is 2.33. The van der Waals surface area contributed by atoms with Crippen LogP contribution in [-0.4, -0.2) is 74.8 Å². The number of aromatic nitrogens is 4. The van der Waals surface area contributed by atoms with Crippen molar-refractivity contribution in [3.8, 4) is 0 Å². The van der Waals surface area contributed by atoms with Gasteiger partial charge < -0.3 is 26.5 Å². The molecule has 0 N–H and O–H groups in total. The topological polar surface area (TPSA) is 89.5 Å². The van der Waals surface area contributed by atoms with E-state index in [1.807, 2.05) is 33.8 Å². The second-order valence-corrected chi connectivity index (χ2v) is 8.49. The molecule has 2 unspecified atom stereocenters. The Morgan fingerprint density at radius 3 is 2.67 bits per heavy atom. The lowest BCUT2D eigenvalue weighted by molar-refractivity contribution is -0.0000187. The standard InChI is InChI=1S/C22H25ClN6O3.ClH/c23-18-7-2-1-6-17(18)20(21-24-25-26-29(21)15-16-5-3-13-31-16)27-9-11-28(12-10-27)22(30)19-8-4-14-32-19;/h1-2,4,6-8,14,16,20H,3,5,9-13,15H2;1H/p-1. The first kappa shape index (κ1) is 23.7. The van der Waals surface area contributed by atoms with Gasteiger partial charge >= 0.3 is 0 Å². The molecule has 176 valence electrons. The molecule has 2 aromatic heterocycles. The highest BCUT2D eigenvalue weighted by Gasteiger charge is 2.34. The van der Waals surface area contributed by atoms with Gasteiger partial charge in [0.2, 0.25) is 0 Å². The van der Waals surface area contributed by atoms with Crippen molar-refractivity contribution in [3.63, 3.8) is 0 Å². The van der Waals surface area contributed by atoms with Crippen molar-refractivity contribution in [1.82, 2.24) is 30.0 Å². The minimum atomic E-state index is -0.221. The number of carbonyl (C=O) groups excluding carboxylic acids is 1. The minimum Gasteiger partial charge on any atom is -1.00 e. The van der Waals surface area contributed by atoms with Gasteiger partial charge in [0.25, 0.3) is 5.91 Å². The number of furan rings is 1. The Morgan fingerprint density at radius 2 is 1.97 bits per heavy atom. The number of rotatable bonds is 6. The van der Waals surface area contributed by atoms with Crippen LogP contribution in [0.3, 0.4) is 0 Å². The van der Waals surface area contributed by atoms with Crippen molar-refractivity contribution < 1.29 is 26.4 Å². The van der Waals surface area contributed by atoms with Crippen LogP contribution < -0.4 is 12.4 Å². The Hall–Kier alpha value is -2.46. The second kappa shape index (κ2) is 10.6. The van der Waals surface area contributed by atoms with E-state index in [1.165, 1.54) is 6.26 Å². The number of piperazine rings is 1. The van der Waals surface area contributed by atoms with E-state index in [4.69, 9.17) is 20.8 Å². The third-order valence-electron chi connectivity index (χ3n) is 6.10. The van der Waals surface area contributed by atoms with Gasteiger partial charge in [-0.1, -0.05) is 29.8 Å². The molecule has 2 aliphatic rings. The van der Waals surface area contributed by atoms with Crippen LogP contribution in [0.5, 0.6) is 0 Å². The van der Waals surface area contributed by atoms with Gasteiger partial charge in [-0.05, 0) is 47.0 Å². The quantitative estimate of drug-likeness (QED) is 0.465. The van der Waals surface area contributed by atoms with E-state index in [0.717, 1.165) is 30.8 Å². The van der Waals surface area contributed by atoms with E-state index < -0.39 is 0 Å². The summed E-state index contributed by atoms with van der Waals surface area (Å²) in [5.74, 6) is 1.01. The van der Waals surface area contributed by atoms with E-state index in [9.17, 15) is 4.79 Å². The van der Waals surface area contributed by atoms with Gasteiger partial charge in [0.1, 0.15) is 0 Å². The van der Waals surface area contributed by atoms with Crippen molar-refractivity contribution in [3.05, 3.63) is 64.8 Å². The Bertz CT molecular complexity index is 1050. The highest BCUT2D eigenvalue weighted by atomic mass is 35.5. The SMILES string of the molecule is O=C(c1ccco1)N1CCN(C(c2ccccc2Cl)c2nnnn2CC2CCCO2)CC1.[Cl-]. The van der Waals surface area contributed by atoms with Crippen LogP contribution >= 0.6 is 11.6 Å². The molecular formula is C22H25Cl2N6O3-. The first-order chi connectivity index (χ1) is 15.7. The predicted molar refractivity (Wildman–Crippen MR) is 116 cm³/mol. The number of ether oxygens (including phenoxy) is 1. The Labute approximate surface area is 203 Å². The smallest absolute Gasteiger partial charge is 0.289 e. The number of carbonyl (C=O) groups is 1. The van der Waals surface area contributed by atoms with Crippen LogP contribution in [0, 0.1) is 0 Å². The number of amides is 1. The molecule has 5 rings (SSSR count). The fourth-order valence-corrected chi connectivity index (χ4v) is 4.69. The third-order valence-corrected chi connectivity index (χ3v) is 6.45. The molecule has 2 atom stereocenters. The zero-order chi connectivity index (χ0) is 21.9. The predicted octanol–water partition coefficient (Wildman–Crippen LogP) is -0.350. The zero-order valence-electron chi connectivity index (χ0n) is 18.0. The number of halogens is 2. The molecular weight excluding hydrogens is 467 g/mol. The van der Waals surface area contributed by atoms with E-state index in [-0.39, 0.29) is 30.5 Å². The van der Waals surface area contributed by atoms with Crippen LogP contribution in [0.4, 0.5) is 0 Å². The summed E-state index contributed by atoms with van der Waals surface area (Å²) in [5.41, 5.74) is 0.948. The molecule has 0 spiro atoms. The number of nitrogens with zero attached hydrogens (tertiary/aromatic N) is 6. The summed E-state index contributed by atoms with van der Waals surface area (Å²) in [6.45, 7) is 3.87. The zero-order valence-corrected chi connectivity index (χ0v) is 19.5. The maximum atomic E-state index is 12.7. The van der Waals surface area contributed by atoms with Crippen molar-refractivity contribution in [1.29, 1.82) is 0 Å². The summed E-state index contributed by atoms with van der Waals surface area (Å²) in [7, 11) is 0. The number of hydrogen-bond acceptors (Lipinski definition) is 7. The summed E-state index contributed by atoms with van der Waals surface area (Å²) < 4.78 is 12.9. The van der Waals surface area contributed by atoms with Crippen LogP contribution in [0.1, 0.15) is 40.8 Å². The Morgan fingerprint density at radius 1 is 1.15 bits per heavy atom. The minimum absolute atomic E-state index is 0. The molecule has 11 heteroatoms. The normalized spacial score (nSPS) is 19.9. The van der Waals surface area contributed by atoms with Crippen LogP contribution in [0.25, 0.3) is 0 Å². The van der Waals surface area contributed by atoms with Gasteiger partial charge in [-0.15, -0.1) is 5.10 Å². The monoisotopic (exact) mass is 491 g/mol. The molecule has 2 fully saturated rings. The lowest BCUT2D eigenvalue weighted by Crippen LogP contribution is -3.00. The summed E-state index contributed by atoms with van der Waals surface area (Å²) >= 11 is 6.62. The summed E-state index contributed by atoms with van der Waals surface area (Å²) in [6, 6.07) is 11.0. The van der Waals surface area contributed by atoms with Crippen molar-refractivity contribution in [2.24, 2.45) is 0 Å². The van der Waals surface area contributed by atoms with Gasteiger partial charge in [-0.3, -0.25) is 9.69 Å². The molecule has 0 bridgehead atoms. The molecule has 9 nitrogen and oxygen atoms in total. The van der Waals surface area contributed by atoms with E-state index in [0.29, 0.717) is 43.5 Å². The third kappa shape index (κ3) is 5.06. The lowest BCUT2D eigenvalue weighted by atomic mass is 10.0. The van der Waals surface area contributed by atoms with Gasteiger partial charge in [-0.25, -0.2) is 4.68 Å². The maximum Gasteiger partial charge on any atom is 0.289 e. The van der Waals surface area contributed by atoms with E-state index >= 15 is 0 Å². The van der Waals surface area contributed by atoms with Gasteiger partial charge in [0.05, 0.1) is 25.0 Å². The van der Waals surface area contributed by atoms with Crippen LogP contribution in [0.15, 0.2) is 47.1 Å². The van der Waals surface area contributed by atoms with Gasteiger partial charge in [-0.2, -0.15) is 0 Å². The molecule has 33 heavy (non-hydrogen) atoms. The lowest BCUT2D eigenvalue weighted by Gasteiger charge is -2.38. The summed E-state index contributed by atoms with van der Waals surface area (Å²) in [6.07, 6.45) is 3.70. The van der Waals surface area contributed by atoms with Crippen molar-refractivity contribution in [2.75, 3.05) is 32.8 Å². The molecule has 1 aromatic carbocycles. The average molecular weight is 492 g/mol. The molecule has 1 amide bonds. The Kier molecular flexibility index (Phi) is 7.64. The summed E-state index contributed by atoms with van der Waals surface area (Å²) in [4.78, 5) is 16.8. The van der Waals surface area contributed by atoms with Crippen molar-refractivity contribution >= 4 is 17.5 Å². The molecule has 0 aliphatic carbocycles. The molecule has 4 heterocycles. The second-order valence-electron chi connectivity index (χ2n) is 8.08. The fraction of sp³-hybridized carbons (Fsp3) is 0.455. The maximum absolute atomic E-state index is 12.7. The number of hydrogen-bond donors (Lipinski definition) is 0. The van der Waals surface area contributed by atoms with Crippen LogP contribution in [0.2, 0.25) is 5.02 Å². The molecule has 0 radical (unpaired) electrons. The molecule has 2 saturated heterocycles. The Balaban J connectivity index is 0.00000259.